The molecule has 0 spiro atoms. The molecule has 3 aromatic carbocycles. The van der Waals surface area contributed by atoms with Crippen molar-refractivity contribution < 1.29 is 4.79 Å². The zero-order valence-electron chi connectivity index (χ0n) is 13.3. The Morgan fingerprint density at radius 1 is 0.962 bits per heavy atom. The maximum absolute atomic E-state index is 12.8. The Hall–Kier alpha value is -1.46. The number of halogens is 4. The van der Waals surface area contributed by atoms with Crippen molar-refractivity contribution in [3.05, 3.63) is 76.8 Å². The SMILES string of the molecule is O=C(N[C@H](Nc1cccc(Br)c1)C(Cl)(Cl)Cl)c1cccc2ccccc12. The van der Waals surface area contributed by atoms with E-state index < -0.39 is 9.96 Å². The normalized spacial score (nSPS) is 12.6. The second-order valence-electron chi connectivity index (χ2n) is 5.63. The van der Waals surface area contributed by atoms with E-state index in [1.54, 1.807) is 6.07 Å². The molecule has 0 bridgehead atoms. The number of nitrogens with one attached hydrogen (secondary N) is 2. The van der Waals surface area contributed by atoms with Crippen LogP contribution >= 0.6 is 50.7 Å². The van der Waals surface area contributed by atoms with Gasteiger partial charge in [0, 0.05) is 15.7 Å². The lowest BCUT2D eigenvalue weighted by molar-refractivity contribution is 0.0943. The first-order valence-corrected chi connectivity index (χ1v) is 9.65. The van der Waals surface area contributed by atoms with Crippen molar-refractivity contribution in [2.24, 2.45) is 0 Å². The van der Waals surface area contributed by atoms with E-state index in [0.717, 1.165) is 15.2 Å². The maximum atomic E-state index is 12.8. The van der Waals surface area contributed by atoms with Gasteiger partial charge in [0.1, 0.15) is 6.17 Å². The Morgan fingerprint density at radius 2 is 1.65 bits per heavy atom. The van der Waals surface area contributed by atoms with Crippen molar-refractivity contribution in [2.45, 2.75) is 9.96 Å². The summed E-state index contributed by atoms with van der Waals surface area (Å²) in [4.78, 5) is 12.8. The molecular formula is C19H14BrCl3N2O. The van der Waals surface area contributed by atoms with Crippen LogP contribution in [0.5, 0.6) is 0 Å². The molecule has 0 aliphatic heterocycles. The van der Waals surface area contributed by atoms with Gasteiger partial charge in [-0.3, -0.25) is 4.79 Å². The number of benzene rings is 3. The Bertz CT molecular complexity index is 938. The van der Waals surface area contributed by atoms with Gasteiger partial charge < -0.3 is 10.6 Å². The van der Waals surface area contributed by atoms with Crippen LogP contribution in [0.2, 0.25) is 0 Å². The average Bonchev–Trinajstić information content (AvgIpc) is 2.60. The molecule has 7 heteroatoms. The van der Waals surface area contributed by atoms with E-state index in [1.165, 1.54) is 0 Å². The van der Waals surface area contributed by atoms with Gasteiger partial charge in [0.05, 0.1) is 0 Å². The van der Waals surface area contributed by atoms with E-state index in [9.17, 15) is 4.79 Å². The van der Waals surface area contributed by atoms with Crippen LogP contribution in [0.1, 0.15) is 10.4 Å². The lowest BCUT2D eigenvalue weighted by Gasteiger charge is -2.27. The van der Waals surface area contributed by atoms with Crippen molar-refractivity contribution in [3.8, 4) is 0 Å². The summed E-state index contributed by atoms with van der Waals surface area (Å²) in [6, 6.07) is 20.5. The van der Waals surface area contributed by atoms with E-state index in [1.807, 2.05) is 60.7 Å². The minimum atomic E-state index is -1.75. The average molecular weight is 473 g/mol. The Kier molecular flexibility index (Phi) is 5.98. The zero-order chi connectivity index (χ0) is 18.7. The Labute approximate surface area is 174 Å². The van der Waals surface area contributed by atoms with Crippen LogP contribution in [0.3, 0.4) is 0 Å². The number of amides is 1. The Balaban J connectivity index is 1.88. The van der Waals surface area contributed by atoms with E-state index >= 15 is 0 Å². The summed E-state index contributed by atoms with van der Waals surface area (Å²) in [7, 11) is 0. The van der Waals surface area contributed by atoms with Gasteiger partial charge in [-0.2, -0.15) is 0 Å². The molecule has 26 heavy (non-hydrogen) atoms. The van der Waals surface area contributed by atoms with Crippen molar-refractivity contribution >= 4 is 73.1 Å². The van der Waals surface area contributed by atoms with Crippen LogP contribution in [-0.4, -0.2) is 15.9 Å². The van der Waals surface area contributed by atoms with E-state index in [4.69, 9.17) is 34.8 Å². The van der Waals surface area contributed by atoms with Gasteiger partial charge in [-0.15, -0.1) is 0 Å². The number of carbonyl (C=O) groups excluding carboxylic acids is 1. The molecule has 0 heterocycles. The summed E-state index contributed by atoms with van der Waals surface area (Å²) in [5.74, 6) is -0.333. The molecule has 3 nitrogen and oxygen atoms in total. The third-order valence-corrected chi connectivity index (χ3v) is 4.92. The van der Waals surface area contributed by atoms with Crippen molar-refractivity contribution in [3.63, 3.8) is 0 Å². The van der Waals surface area contributed by atoms with Crippen molar-refractivity contribution in [1.82, 2.24) is 5.32 Å². The number of anilines is 1. The van der Waals surface area contributed by atoms with Crippen LogP contribution in [0.15, 0.2) is 71.2 Å². The molecule has 0 unspecified atom stereocenters. The molecule has 0 aromatic heterocycles. The zero-order valence-corrected chi connectivity index (χ0v) is 17.2. The minimum Gasteiger partial charge on any atom is -0.362 e. The standard InChI is InChI=1S/C19H14BrCl3N2O/c20-13-7-4-8-14(11-13)24-18(19(21,22)23)25-17(26)16-10-3-6-12-5-1-2-9-15(12)16/h1-11,18,24H,(H,25,26)/t18-/m0/s1. The molecule has 0 radical (unpaired) electrons. The lowest BCUT2D eigenvalue weighted by atomic mass is 10.0. The summed E-state index contributed by atoms with van der Waals surface area (Å²) >= 11 is 21.6. The second-order valence-corrected chi connectivity index (χ2v) is 8.91. The van der Waals surface area contributed by atoms with Gasteiger partial charge in [0.15, 0.2) is 0 Å². The van der Waals surface area contributed by atoms with Gasteiger partial charge in [0.25, 0.3) is 5.91 Å². The molecule has 0 aliphatic rings. The Morgan fingerprint density at radius 3 is 2.38 bits per heavy atom. The molecule has 3 rings (SSSR count). The molecule has 1 atom stereocenters. The van der Waals surface area contributed by atoms with Crippen LogP contribution in [0.25, 0.3) is 10.8 Å². The number of alkyl halides is 3. The fourth-order valence-electron chi connectivity index (χ4n) is 2.58. The first-order chi connectivity index (χ1) is 12.3. The van der Waals surface area contributed by atoms with E-state index in [0.29, 0.717) is 11.3 Å². The fraction of sp³-hybridized carbons (Fsp3) is 0.105. The number of rotatable bonds is 4. The summed E-state index contributed by atoms with van der Waals surface area (Å²) in [6.45, 7) is 0. The fourth-order valence-corrected chi connectivity index (χ4v) is 3.30. The first-order valence-electron chi connectivity index (χ1n) is 7.72. The molecule has 0 saturated carbocycles. The van der Waals surface area contributed by atoms with Gasteiger partial charge in [0.2, 0.25) is 3.79 Å². The second kappa shape index (κ2) is 8.05. The van der Waals surface area contributed by atoms with E-state index in [-0.39, 0.29) is 5.91 Å². The van der Waals surface area contributed by atoms with Gasteiger partial charge in [-0.05, 0) is 35.0 Å². The smallest absolute Gasteiger partial charge is 0.253 e. The maximum Gasteiger partial charge on any atom is 0.253 e. The summed E-state index contributed by atoms with van der Waals surface area (Å²) in [5, 5.41) is 7.62. The number of hydrogen-bond donors (Lipinski definition) is 2. The minimum absolute atomic E-state index is 0.333. The highest BCUT2D eigenvalue weighted by Gasteiger charge is 2.34. The summed E-state index contributed by atoms with van der Waals surface area (Å²) < 4.78 is -0.881. The predicted octanol–water partition coefficient (Wildman–Crippen LogP) is 6.14. The monoisotopic (exact) mass is 470 g/mol. The molecule has 0 fully saturated rings. The quantitative estimate of drug-likeness (QED) is 0.354. The predicted molar refractivity (Wildman–Crippen MR) is 113 cm³/mol. The molecule has 1 amide bonds. The van der Waals surface area contributed by atoms with Crippen LogP contribution in [0, 0.1) is 0 Å². The van der Waals surface area contributed by atoms with Crippen LogP contribution in [-0.2, 0) is 0 Å². The van der Waals surface area contributed by atoms with Crippen LogP contribution < -0.4 is 10.6 Å². The molecular weight excluding hydrogens is 458 g/mol. The van der Waals surface area contributed by atoms with Crippen molar-refractivity contribution in [2.75, 3.05) is 5.32 Å². The number of fused-ring (bicyclic) bond motifs is 1. The molecule has 0 saturated heterocycles. The summed E-state index contributed by atoms with van der Waals surface area (Å²) in [5.41, 5.74) is 1.22. The number of carbonyl (C=O) groups is 1. The van der Waals surface area contributed by atoms with E-state index in [2.05, 4.69) is 26.6 Å². The highest BCUT2D eigenvalue weighted by molar-refractivity contribution is 9.10. The molecule has 2 N–H and O–H groups in total. The molecule has 134 valence electrons. The lowest BCUT2D eigenvalue weighted by Crippen LogP contribution is -2.49. The largest absolute Gasteiger partial charge is 0.362 e. The highest BCUT2D eigenvalue weighted by atomic mass is 79.9. The highest BCUT2D eigenvalue weighted by Crippen LogP contribution is 2.32. The third kappa shape index (κ3) is 4.63. The molecule has 3 aromatic rings. The van der Waals surface area contributed by atoms with Crippen molar-refractivity contribution in [1.29, 1.82) is 0 Å². The number of hydrogen-bond acceptors (Lipinski definition) is 2. The topological polar surface area (TPSA) is 41.1 Å². The third-order valence-electron chi connectivity index (χ3n) is 3.77. The van der Waals surface area contributed by atoms with Crippen LogP contribution in [0.4, 0.5) is 5.69 Å². The van der Waals surface area contributed by atoms with Gasteiger partial charge >= 0.3 is 0 Å². The van der Waals surface area contributed by atoms with Gasteiger partial charge in [-0.25, -0.2) is 0 Å². The van der Waals surface area contributed by atoms with Gasteiger partial charge in [-0.1, -0.05) is 93.2 Å². The first kappa shape index (κ1) is 19.3. The molecule has 0 aliphatic carbocycles. The summed E-state index contributed by atoms with van der Waals surface area (Å²) in [6.07, 6.45) is -0.923.